The van der Waals surface area contributed by atoms with Crippen molar-refractivity contribution in [2.45, 2.75) is 33.4 Å². The Morgan fingerprint density at radius 1 is 1.03 bits per heavy atom. The Morgan fingerprint density at radius 3 is 2.40 bits per heavy atom. The van der Waals surface area contributed by atoms with E-state index in [-0.39, 0.29) is 5.91 Å². The molecule has 2 aromatic carbocycles. The quantitative estimate of drug-likeness (QED) is 0.670. The largest absolute Gasteiger partial charge is 0.348 e. The number of hydrogen-bond acceptors (Lipinski definition) is 3. The van der Waals surface area contributed by atoms with Crippen molar-refractivity contribution in [3.8, 4) is 5.69 Å². The van der Waals surface area contributed by atoms with Gasteiger partial charge >= 0.3 is 0 Å². The van der Waals surface area contributed by atoms with E-state index in [9.17, 15) is 4.79 Å². The van der Waals surface area contributed by atoms with Gasteiger partial charge in [0.1, 0.15) is 0 Å². The van der Waals surface area contributed by atoms with E-state index in [1.807, 2.05) is 41.1 Å². The van der Waals surface area contributed by atoms with E-state index in [1.54, 1.807) is 12.5 Å². The number of carbonyl (C=O) groups is 1. The van der Waals surface area contributed by atoms with Crippen LogP contribution in [0, 0.1) is 11.8 Å². The van der Waals surface area contributed by atoms with E-state index < -0.39 is 0 Å². The third-order valence-corrected chi connectivity index (χ3v) is 5.83. The van der Waals surface area contributed by atoms with Crippen LogP contribution in [-0.2, 0) is 13.1 Å². The molecule has 4 rings (SSSR count). The first-order chi connectivity index (χ1) is 14.6. The Morgan fingerprint density at radius 2 is 1.73 bits per heavy atom. The number of piperidine rings is 1. The molecular formula is C25H30N4O. The Balaban J connectivity index is 1.38. The first-order valence-corrected chi connectivity index (χ1v) is 10.7. The number of imidazole rings is 1. The minimum absolute atomic E-state index is 0.0535. The lowest BCUT2D eigenvalue weighted by molar-refractivity contribution is 0.0950. The second kappa shape index (κ2) is 9.26. The lowest BCUT2D eigenvalue weighted by atomic mass is 9.91. The highest BCUT2D eigenvalue weighted by atomic mass is 16.1. The number of carbonyl (C=O) groups excluding carboxylic acids is 1. The van der Waals surface area contributed by atoms with Crippen molar-refractivity contribution in [3.63, 3.8) is 0 Å². The summed E-state index contributed by atoms with van der Waals surface area (Å²) in [5, 5.41) is 3.09. The van der Waals surface area contributed by atoms with E-state index in [2.05, 4.69) is 47.2 Å². The predicted molar refractivity (Wildman–Crippen MR) is 119 cm³/mol. The zero-order chi connectivity index (χ0) is 20.9. The van der Waals surface area contributed by atoms with Gasteiger partial charge in [-0.1, -0.05) is 38.1 Å². The van der Waals surface area contributed by atoms with Crippen molar-refractivity contribution in [1.29, 1.82) is 0 Å². The fraction of sp³-hybridized carbons (Fsp3) is 0.360. The summed E-state index contributed by atoms with van der Waals surface area (Å²) in [7, 11) is 0. The van der Waals surface area contributed by atoms with Gasteiger partial charge in [-0.15, -0.1) is 0 Å². The van der Waals surface area contributed by atoms with Crippen LogP contribution in [-0.4, -0.2) is 33.4 Å². The predicted octanol–water partition coefficient (Wildman–Crippen LogP) is 4.28. The highest BCUT2D eigenvalue weighted by Gasteiger charge is 2.22. The van der Waals surface area contributed by atoms with Gasteiger partial charge in [0.2, 0.25) is 0 Å². The summed E-state index contributed by atoms with van der Waals surface area (Å²) in [5.74, 6) is 1.43. The summed E-state index contributed by atoms with van der Waals surface area (Å²) >= 11 is 0. The lowest BCUT2D eigenvalue weighted by Gasteiger charge is -2.35. The molecule has 2 atom stereocenters. The molecule has 1 amide bonds. The third kappa shape index (κ3) is 4.97. The molecule has 0 spiro atoms. The van der Waals surface area contributed by atoms with Gasteiger partial charge in [-0.3, -0.25) is 9.69 Å². The van der Waals surface area contributed by atoms with Crippen molar-refractivity contribution in [2.75, 3.05) is 13.1 Å². The molecule has 1 N–H and O–H groups in total. The van der Waals surface area contributed by atoms with Gasteiger partial charge in [-0.25, -0.2) is 4.98 Å². The zero-order valence-electron chi connectivity index (χ0n) is 17.8. The SMILES string of the molecule is CC1CC(C)CN(Cc2ccccc2CNC(=O)c2ccc(-n3ccnc3)cc2)C1. The molecule has 2 heterocycles. The number of amides is 1. The van der Waals surface area contributed by atoms with Crippen LogP contribution in [0.3, 0.4) is 0 Å². The highest BCUT2D eigenvalue weighted by molar-refractivity contribution is 5.94. The van der Waals surface area contributed by atoms with Gasteiger partial charge in [0.15, 0.2) is 0 Å². The van der Waals surface area contributed by atoms with Gasteiger partial charge in [0.25, 0.3) is 5.91 Å². The molecule has 0 bridgehead atoms. The topological polar surface area (TPSA) is 50.2 Å². The average molecular weight is 403 g/mol. The number of hydrogen-bond donors (Lipinski definition) is 1. The van der Waals surface area contributed by atoms with Crippen LogP contribution in [0.5, 0.6) is 0 Å². The zero-order valence-corrected chi connectivity index (χ0v) is 17.8. The Bertz CT molecular complexity index is 955. The summed E-state index contributed by atoms with van der Waals surface area (Å²) in [6.45, 7) is 8.46. The monoisotopic (exact) mass is 402 g/mol. The van der Waals surface area contributed by atoms with Crippen LogP contribution in [0.1, 0.15) is 41.8 Å². The Labute approximate surface area is 178 Å². The fourth-order valence-corrected chi connectivity index (χ4v) is 4.52. The van der Waals surface area contributed by atoms with E-state index in [1.165, 1.54) is 17.5 Å². The third-order valence-electron chi connectivity index (χ3n) is 5.83. The molecule has 1 aliphatic heterocycles. The molecule has 0 aliphatic carbocycles. The van der Waals surface area contributed by atoms with Crippen LogP contribution in [0.15, 0.2) is 67.3 Å². The van der Waals surface area contributed by atoms with Gasteiger partial charge in [0, 0.05) is 49.8 Å². The summed E-state index contributed by atoms with van der Waals surface area (Å²) in [5.41, 5.74) is 4.13. The second-order valence-electron chi connectivity index (χ2n) is 8.61. The first kappa shape index (κ1) is 20.4. The van der Waals surface area contributed by atoms with Crippen molar-refractivity contribution in [2.24, 2.45) is 11.8 Å². The van der Waals surface area contributed by atoms with Crippen molar-refractivity contribution < 1.29 is 4.79 Å². The molecule has 1 saturated heterocycles. The fourth-order valence-electron chi connectivity index (χ4n) is 4.52. The number of benzene rings is 2. The van der Waals surface area contributed by atoms with Crippen molar-refractivity contribution in [3.05, 3.63) is 83.9 Å². The average Bonchev–Trinajstić information content (AvgIpc) is 3.27. The van der Waals surface area contributed by atoms with E-state index in [0.29, 0.717) is 12.1 Å². The molecule has 1 aromatic heterocycles. The van der Waals surface area contributed by atoms with Crippen LogP contribution in [0.25, 0.3) is 5.69 Å². The second-order valence-corrected chi connectivity index (χ2v) is 8.61. The van der Waals surface area contributed by atoms with E-state index >= 15 is 0 Å². The first-order valence-electron chi connectivity index (χ1n) is 10.7. The van der Waals surface area contributed by atoms with Crippen LogP contribution >= 0.6 is 0 Å². The van der Waals surface area contributed by atoms with Gasteiger partial charge in [-0.2, -0.15) is 0 Å². The maximum absolute atomic E-state index is 12.7. The number of likely N-dealkylation sites (tertiary alicyclic amines) is 1. The normalized spacial score (nSPS) is 19.5. The molecule has 30 heavy (non-hydrogen) atoms. The summed E-state index contributed by atoms with van der Waals surface area (Å²) in [6, 6.07) is 16.0. The van der Waals surface area contributed by atoms with E-state index in [4.69, 9.17) is 0 Å². The van der Waals surface area contributed by atoms with Crippen LogP contribution in [0.4, 0.5) is 0 Å². The Hall–Kier alpha value is -2.92. The van der Waals surface area contributed by atoms with Gasteiger partial charge in [0.05, 0.1) is 6.33 Å². The van der Waals surface area contributed by atoms with Crippen LogP contribution < -0.4 is 5.32 Å². The smallest absolute Gasteiger partial charge is 0.251 e. The number of rotatable bonds is 6. The molecule has 0 radical (unpaired) electrons. The summed E-state index contributed by atoms with van der Waals surface area (Å²) in [6.07, 6.45) is 6.68. The number of nitrogens with one attached hydrogen (secondary N) is 1. The molecule has 156 valence electrons. The molecule has 5 heteroatoms. The van der Waals surface area contributed by atoms with Gasteiger partial charge in [-0.05, 0) is 53.6 Å². The Kier molecular flexibility index (Phi) is 6.29. The lowest BCUT2D eigenvalue weighted by Crippen LogP contribution is -2.38. The molecule has 2 unspecified atom stereocenters. The van der Waals surface area contributed by atoms with Crippen LogP contribution in [0.2, 0.25) is 0 Å². The minimum atomic E-state index is -0.0535. The molecule has 1 fully saturated rings. The van der Waals surface area contributed by atoms with Crippen molar-refractivity contribution >= 4 is 5.91 Å². The number of aromatic nitrogens is 2. The summed E-state index contributed by atoms with van der Waals surface area (Å²) in [4.78, 5) is 19.3. The highest BCUT2D eigenvalue weighted by Crippen LogP contribution is 2.23. The number of nitrogens with zero attached hydrogens (tertiary/aromatic N) is 3. The molecule has 5 nitrogen and oxygen atoms in total. The maximum Gasteiger partial charge on any atom is 0.251 e. The summed E-state index contributed by atoms with van der Waals surface area (Å²) < 4.78 is 1.92. The van der Waals surface area contributed by atoms with E-state index in [0.717, 1.165) is 37.2 Å². The molecule has 1 aliphatic rings. The maximum atomic E-state index is 12.7. The standard InChI is InChI=1S/C25H30N4O/c1-19-13-20(2)16-28(15-19)17-23-6-4-3-5-22(23)14-27-25(30)21-7-9-24(10-8-21)29-12-11-26-18-29/h3-12,18-20H,13-17H2,1-2H3,(H,27,30). The minimum Gasteiger partial charge on any atom is -0.348 e. The molecule has 3 aromatic rings. The molecule has 0 saturated carbocycles. The van der Waals surface area contributed by atoms with Crippen molar-refractivity contribution in [1.82, 2.24) is 19.8 Å². The molecular weight excluding hydrogens is 372 g/mol. The van der Waals surface area contributed by atoms with Gasteiger partial charge < -0.3 is 9.88 Å².